The number of aryl methyl sites for hydroxylation is 1. The van der Waals surface area contributed by atoms with Crippen LogP contribution in [0.3, 0.4) is 0 Å². The van der Waals surface area contributed by atoms with Gasteiger partial charge in [0.2, 0.25) is 5.89 Å². The van der Waals surface area contributed by atoms with Crippen molar-refractivity contribution in [2.24, 2.45) is 5.92 Å². The lowest BCUT2D eigenvalue weighted by Gasteiger charge is -2.22. The molecule has 0 saturated heterocycles. The van der Waals surface area contributed by atoms with E-state index in [0.717, 1.165) is 5.56 Å². The van der Waals surface area contributed by atoms with Crippen LogP contribution in [0.1, 0.15) is 43.3 Å². The molecule has 0 aliphatic carbocycles. The highest BCUT2D eigenvalue weighted by Gasteiger charge is 2.28. The van der Waals surface area contributed by atoms with Gasteiger partial charge in [0.05, 0.1) is 0 Å². The molecule has 6 heteroatoms. The molecule has 0 fully saturated rings. The zero-order valence-corrected chi connectivity index (χ0v) is 13.2. The average molecular weight is 303 g/mol. The number of carbonyl (C=O) groups excluding carboxylic acids is 1. The molecule has 1 heterocycles. The summed E-state index contributed by atoms with van der Waals surface area (Å²) < 4.78 is 10.5. The number of hydrogen-bond donors (Lipinski definition) is 1. The lowest BCUT2D eigenvalue weighted by molar-refractivity contribution is -0.132. The van der Waals surface area contributed by atoms with E-state index in [1.165, 1.54) is 7.11 Å². The van der Waals surface area contributed by atoms with Gasteiger partial charge in [0, 0.05) is 7.11 Å². The fraction of sp³-hybridized carbons (Fsp3) is 0.438. The largest absolute Gasteiger partial charge is 0.367 e. The van der Waals surface area contributed by atoms with E-state index in [-0.39, 0.29) is 17.9 Å². The molecular formula is C16H21N3O3. The van der Waals surface area contributed by atoms with Gasteiger partial charge in [-0.05, 0) is 18.4 Å². The van der Waals surface area contributed by atoms with Crippen LogP contribution in [0.2, 0.25) is 0 Å². The van der Waals surface area contributed by atoms with Crippen molar-refractivity contribution in [1.82, 2.24) is 15.5 Å². The Labute approximate surface area is 129 Å². The molecule has 0 saturated carbocycles. The Morgan fingerprint density at radius 1 is 1.27 bits per heavy atom. The maximum absolute atomic E-state index is 12.5. The Balaban J connectivity index is 2.17. The van der Waals surface area contributed by atoms with E-state index in [0.29, 0.717) is 11.7 Å². The quantitative estimate of drug-likeness (QED) is 0.887. The van der Waals surface area contributed by atoms with Crippen LogP contribution < -0.4 is 5.32 Å². The van der Waals surface area contributed by atoms with Crippen molar-refractivity contribution in [3.05, 3.63) is 47.6 Å². The molecule has 2 aromatic rings. The van der Waals surface area contributed by atoms with Crippen LogP contribution in [-0.2, 0) is 9.53 Å². The van der Waals surface area contributed by atoms with Crippen LogP contribution in [0.25, 0.3) is 0 Å². The predicted octanol–water partition coefficient (Wildman–Crippen LogP) is 2.58. The van der Waals surface area contributed by atoms with Crippen molar-refractivity contribution in [3.63, 3.8) is 0 Å². The van der Waals surface area contributed by atoms with E-state index in [1.54, 1.807) is 6.92 Å². The third-order valence-corrected chi connectivity index (χ3v) is 3.35. The molecular weight excluding hydrogens is 282 g/mol. The smallest absolute Gasteiger partial charge is 0.254 e. The zero-order chi connectivity index (χ0) is 16.1. The maximum atomic E-state index is 12.5. The first-order valence-electron chi connectivity index (χ1n) is 7.21. The molecule has 0 aliphatic heterocycles. The summed E-state index contributed by atoms with van der Waals surface area (Å²) in [5.41, 5.74) is 0.798. The summed E-state index contributed by atoms with van der Waals surface area (Å²) in [5, 5.41) is 6.72. The molecule has 0 aliphatic rings. The molecule has 1 N–H and O–H groups in total. The van der Waals surface area contributed by atoms with E-state index >= 15 is 0 Å². The minimum Gasteiger partial charge on any atom is -0.367 e. The molecule has 2 atom stereocenters. The molecule has 1 aromatic heterocycles. The van der Waals surface area contributed by atoms with E-state index in [1.807, 2.05) is 44.2 Å². The maximum Gasteiger partial charge on any atom is 0.254 e. The SMILES string of the molecule is COC(C(=O)NC(c1nc(C)no1)C(C)C)c1ccccc1. The summed E-state index contributed by atoms with van der Waals surface area (Å²) in [4.78, 5) is 16.8. The van der Waals surface area contributed by atoms with Crippen LogP contribution in [-0.4, -0.2) is 23.2 Å². The lowest BCUT2D eigenvalue weighted by Crippen LogP contribution is -2.36. The number of amides is 1. The second-order valence-electron chi connectivity index (χ2n) is 5.44. The molecule has 1 amide bonds. The number of ether oxygens (including phenoxy) is 1. The van der Waals surface area contributed by atoms with E-state index < -0.39 is 6.10 Å². The summed E-state index contributed by atoms with van der Waals surface area (Å²) in [5.74, 6) is 0.824. The van der Waals surface area contributed by atoms with Gasteiger partial charge in [-0.1, -0.05) is 49.3 Å². The number of hydrogen-bond acceptors (Lipinski definition) is 5. The van der Waals surface area contributed by atoms with Gasteiger partial charge in [-0.3, -0.25) is 4.79 Å². The fourth-order valence-electron chi connectivity index (χ4n) is 2.20. The highest BCUT2D eigenvalue weighted by molar-refractivity contribution is 5.82. The Bertz CT molecular complexity index is 610. The highest BCUT2D eigenvalue weighted by atomic mass is 16.5. The normalized spacial score (nSPS) is 13.9. The Morgan fingerprint density at radius 2 is 1.95 bits per heavy atom. The van der Waals surface area contributed by atoms with Crippen molar-refractivity contribution in [1.29, 1.82) is 0 Å². The summed E-state index contributed by atoms with van der Waals surface area (Å²) in [6.07, 6.45) is -0.675. The van der Waals surface area contributed by atoms with Crippen molar-refractivity contribution in [2.75, 3.05) is 7.11 Å². The second kappa shape index (κ2) is 7.17. The highest BCUT2D eigenvalue weighted by Crippen LogP contribution is 2.23. The van der Waals surface area contributed by atoms with Gasteiger partial charge in [-0.15, -0.1) is 0 Å². The van der Waals surface area contributed by atoms with Crippen molar-refractivity contribution < 1.29 is 14.1 Å². The van der Waals surface area contributed by atoms with Crippen LogP contribution in [0, 0.1) is 12.8 Å². The Kier molecular flexibility index (Phi) is 5.27. The molecule has 0 bridgehead atoms. The van der Waals surface area contributed by atoms with Crippen LogP contribution in [0.4, 0.5) is 0 Å². The number of benzene rings is 1. The number of rotatable bonds is 6. The summed E-state index contributed by atoms with van der Waals surface area (Å²) in [6.45, 7) is 5.71. The summed E-state index contributed by atoms with van der Waals surface area (Å²) in [7, 11) is 1.51. The molecule has 6 nitrogen and oxygen atoms in total. The second-order valence-corrected chi connectivity index (χ2v) is 5.44. The first-order valence-corrected chi connectivity index (χ1v) is 7.21. The minimum absolute atomic E-state index is 0.108. The van der Waals surface area contributed by atoms with Crippen molar-refractivity contribution in [3.8, 4) is 0 Å². The van der Waals surface area contributed by atoms with E-state index in [2.05, 4.69) is 15.5 Å². The van der Waals surface area contributed by atoms with Gasteiger partial charge in [0.1, 0.15) is 6.04 Å². The topological polar surface area (TPSA) is 77.2 Å². The zero-order valence-electron chi connectivity index (χ0n) is 13.2. The number of aromatic nitrogens is 2. The van der Waals surface area contributed by atoms with Crippen LogP contribution in [0.15, 0.2) is 34.9 Å². The standard InChI is InChI=1S/C16H21N3O3/c1-10(2)13(16-17-11(3)19-22-16)18-15(20)14(21-4)12-8-6-5-7-9-12/h5-10,13-14H,1-4H3,(H,18,20). The molecule has 0 radical (unpaired) electrons. The van der Waals surface area contributed by atoms with Gasteiger partial charge < -0.3 is 14.6 Å². The van der Waals surface area contributed by atoms with Crippen LogP contribution >= 0.6 is 0 Å². The van der Waals surface area contributed by atoms with E-state index in [9.17, 15) is 4.79 Å². The molecule has 2 rings (SSSR count). The van der Waals surface area contributed by atoms with Gasteiger partial charge in [-0.2, -0.15) is 4.98 Å². The third kappa shape index (κ3) is 3.71. The number of methoxy groups -OCH3 is 1. The van der Waals surface area contributed by atoms with Crippen molar-refractivity contribution in [2.45, 2.75) is 32.9 Å². The van der Waals surface area contributed by atoms with Crippen LogP contribution in [0.5, 0.6) is 0 Å². The van der Waals surface area contributed by atoms with Gasteiger partial charge in [0.25, 0.3) is 5.91 Å². The molecule has 118 valence electrons. The minimum atomic E-state index is -0.675. The molecule has 0 spiro atoms. The Hall–Kier alpha value is -2.21. The number of nitrogens with zero attached hydrogens (tertiary/aromatic N) is 2. The first kappa shape index (κ1) is 16.2. The lowest BCUT2D eigenvalue weighted by atomic mass is 10.0. The van der Waals surface area contributed by atoms with Gasteiger partial charge in [-0.25, -0.2) is 0 Å². The average Bonchev–Trinajstić information content (AvgIpc) is 2.92. The third-order valence-electron chi connectivity index (χ3n) is 3.35. The molecule has 1 aromatic carbocycles. The van der Waals surface area contributed by atoms with Gasteiger partial charge >= 0.3 is 0 Å². The summed E-state index contributed by atoms with van der Waals surface area (Å²) in [6, 6.07) is 9.00. The van der Waals surface area contributed by atoms with Gasteiger partial charge in [0.15, 0.2) is 11.9 Å². The number of carbonyl (C=O) groups is 1. The predicted molar refractivity (Wildman–Crippen MR) is 80.9 cm³/mol. The van der Waals surface area contributed by atoms with E-state index in [4.69, 9.17) is 9.26 Å². The monoisotopic (exact) mass is 303 g/mol. The Morgan fingerprint density at radius 3 is 2.45 bits per heavy atom. The number of nitrogens with one attached hydrogen (secondary N) is 1. The fourth-order valence-corrected chi connectivity index (χ4v) is 2.20. The molecule has 2 unspecified atom stereocenters. The molecule has 22 heavy (non-hydrogen) atoms. The first-order chi connectivity index (χ1) is 10.5. The van der Waals surface area contributed by atoms with Crippen molar-refractivity contribution >= 4 is 5.91 Å². The summed E-state index contributed by atoms with van der Waals surface area (Å²) >= 11 is 0.